The van der Waals surface area contributed by atoms with Crippen LogP contribution in [0.3, 0.4) is 0 Å². The molecule has 0 heterocycles. The molecule has 0 aliphatic carbocycles. The smallest absolute Gasteiger partial charge is 0.279 e. The summed E-state index contributed by atoms with van der Waals surface area (Å²) in [7, 11) is -16.4. The van der Waals surface area contributed by atoms with Crippen LogP contribution >= 0.6 is 0 Å². The Morgan fingerprint density at radius 2 is 0.762 bits per heavy atom. The molecule has 0 saturated heterocycles. The van der Waals surface area contributed by atoms with Crippen molar-refractivity contribution in [2.75, 3.05) is 0 Å². The number of hydrogen-bond acceptors (Lipinski definition) is 8. The fourth-order valence-electron chi connectivity index (χ4n) is 0. The number of halogens is 7. The maximum absolute atomic E-state index is 10.7. The van der Waals surface area contributed by atoms with E-state index in [1.165, 1.54) is 0 Å². The highest BCUT2D eigenvalue weighted by molar-refractivity contribution is 7.86. The van der Waals surface area contributed by atoms with Crippen molar-refractivity contribution in [2.45, 2.75) is 11.0 Å². The largest absolute Gasteiger partial charge is 0.522 e. The molecule has 0 atom stereocenters. The normalized spacial score (nSPS) is 13.5. The van der Waals surface area contributed by atoms with Crippen LogP contribution in [-0.4, -0.2) is 41.6 Å². The summed E-state index contributed by atoms with van der Waals surface area (Å²) in [6, 6.07) is 0. The van der Waals surface area contributed by atoms with Gasteiger partial charge in [-0.15, -0.1) is 0 Å². The van der Waals surface area contributed by atoms with E-state index in [1.807, 2.05) is 0 Å². The summed E-state index contributed by atoms with van der Waals surface area (Å²) in [5.74, 6) is 0. The Morgan fingerprint density at radius 3 is 0.762 bits per heavy atom. The Bertz CT molecular complexity index is 447. The molecule has 0 aromatic carbocycles. The molecule has 0 radical (unpaired) electrons. The third kappa shape index (κ3) is 19.5. The van der Waals surface area contributed by atoms with Crippen molar-refractivity contribution in [1.82, 2.24) is 0 Å². The van der Waals surface area contributed by atoms with Crippen molar-refractivity contribution >= 4 is 20.2 Å². The van der Waals surface area contributed by atoms with Crippen molar-refractivity contribution < 1.29 is 81.2 Å². The molecule has 0 rings (SSSR count). The molecule has 0 aromatic rings. The number of alkyl halides is 6. The Balaban J connectivity index is -0.000000239. The Kier molecular flexibility index (Phi) is 9.33. The lowest BCUT2D eigenvalue weighted by Gasteiger charge is -2.03. The van der Waals surface area contributed by atoms with Gasteiger partial charge in [-0.25, -0.2) is 0 Å². The van der Waals surface area contributed by atoms with Gasteiger partial charge in [0.05, 0.1) is 14.9 Å². The third-order valence-electron chi connectivity index (χ3n) is 0.585. The molecule has 21 heavy (non-hydrogen) atoms. The van der Waals surface area contributed by atoms with Crippen LogP contribution in [0.2, 0.25) is 0 Å². The molecule has 0 saturated carbocycles. The summed E-state index contributed by atoms with van der Waals surface area (Å²) in [6.45, 7) is 0. The quantitative estimate of drug-likeness (QED) is 0.210. The fraction of sp³-hybridized carbons (Fsp3) is 1.00. The van der Waals surface area contributed by atoms with E-state index in [0.29, 0.717) is 0 Å². The van der Waals surface area contributed by atoms with E-state index < -0.39 is 41.5 Å². The predicted octanol–water partition coefficient (Wildman–Crippen LogP) is -3.34. The molecule has 132 valence electrons. The van der Waals surface area contributed by atoms with Crippen LogP contribution in [0.1, 0.15) is 0 Å². The minimum atomic E-state index is -5.84. The minimum absolute atomic E-state index is 4.69. The first kappa shape index (κ1) is 25.5. The van der Waals surface area contributed by atoms with Gasteiger partial charge in [0, 0.05) is 0 Å². The van der Waals surface area contributed by atoms with E-state index in [4.69, 9.17) is 44.6 Å². The van der Waals surface area contributed by atoms with E-state index in [0.717, 1.165) is 0 Å². The first-order valence-corrected chi connectivity index (χ1v) is 7.35. The van der Waals surface area contributed by atoms with Gasteiger partial charge in [-0.05, 0) is 0 Å². The molecule has 0 aliphatic heterocycles. The van der Waals surface area contributed by atoms with E-state index in [1.54, 1.807) is 0 Å². The zero-order valence-corrected chi connectivity index (χ0v) is 11.1. The molecule has 10 nitrogen and oxygen atoms in total. The first-order chi connectivity index (χ1) is 8.50. The predicted molar refractivity (Wildman–Crippen MR) is 37.4 cm³/mol. The van der Waals surface area contributed by atoms with Crippen molar-refractivity contribution in [1.29, 1.82) is 0 Å². The standard InChI is InChI=1S/2CHF3O3S.ClHO4/c2*2-1(3,4)8(5,6)7;2-1(3,4)5/h2*(H,5,6,7);(H,2,3,4,5). The van der Waals surface area contributed by atoms with E-state index in [2.05, 4.69) is 0 Å². The number of hydrogen-bond donors (Lipinski definition) is 3. The molecule has 0 spiro atoms. The van der Waals surface area contributed by atoms with Gasteiger partial charge >= 0.3 is 31.3 Å². The number of rotatable bonds is 0. The summed E-state index contributed by atoms with van der Waals surface area (Å²) in [5, 5.41) is 0. The summed E-state index contributed by atoms with van der Waals surface area (Å²) in [5.41, 5.74) is -11.1. The second-order valence-electron chi connectivity index (χ2n) is 2.24. The van der Waals surface area contributed by atoms with Gasteiger partial charge < -0.3 is 0 Å². The molecular formula is C2H3ClF6O10S2. The highest BCUT2D eigenvalue weighted by Gasteiger charge is 2.45. The summed E-state index contributed by atoms with van der Waals surface area (Å²) in [6.07, 6.45) is 0. The van der Waals surface area contributed by atoms with Crippen molar-refractivity contribution in [3.63, 3.8) is 0 Å². The van der Waals surface area contributed by atoms with E-state index >= 15 is 0 Å². The molecule has 3 N–H and O–H groups in total. The highest BCUT2D eigenvalue weighted by Crippen LogP contribution is 2.21. The molecule has 0 bridgehead atoms. The summed E-state index contributed by atoms with van der Waals surface area (Å²) < 4.78 is 148. The van der Waals surface area contributed by atoms with Crippen molar-refractivity contribution in [3.8, 4) is 0 Å². The second kappa shape index (κ2) is 7.69. The van der Waals surface area contributed by atoms with Crippen molar-refractivity contribution in [3.05, 3.63) is 0 Å². The lowest BCUT2D eigenvalue weighted by atomic mass is 11.6. The van der Waals surface area contributed by atoms with Gasteiger partial charge in [-0.1, -0.05) is 0 Å². The van der Waals surface area contributed by atoms with Crippen LogP contribution in [0.15, 0.2) is 0 Å². The lowest BCUT2D eigenvalue weighted by molar-refractivity contribution is -1.92. The molecule has 0 aromatic heterocycles. The highest BCUT2D eigenvalue weighted by atomic mass is 35.7. The minimum Gasteiger partial charge on any atom is -0.279 e. The zero-order valence-electron chi connectivity index (χ0n) is 8.66. The third-order valence-corrected chi connectivity index (χ3v) is 1.75. The fourth-order valence-corrected chi connectivity index (χ4v) is 0. The maximum Gasteiger partial charge on any atom is 0.522 e. The molecular weight excluding hydrogens is 398 g/mol. The van der Waals surface area contributed by atoms with Crippen LogP contribution < -0.4 is 14.0 Å². The molecule has 0 fully saturated rings. The van der Waals surface area contributed by atoms with Gasteiger partial charge in [-0.2, -0.15) is 57.2 Å². The Morgan fingerprint density at radius 1 is 0.714 bits per heavy atom. The van der Waals surface area contributed by atoms with Crippen LogP contribution in [0.4, 0.5) is 26.3 Å². The average molecular weight is 401 g/mol. The summed E-state index contributed by atoms with van der Waals surface area (Å²) >= 11 is 0. The summed E-state index contributed by atoms with van der Waals surface area (Å²) in [4.78, 5) is 0. The van der Waals surface area contributed by atoms with Crippen molar-refractivity contribution in [2.24, 2.45) is 0 Å². The van der Waals surface area contributed by atoms with Crippen LogP contribution in [0.25, 0.3) is 0 Å². The topological polar surface area (TPSA) is 198 Å². The monoisotopic (exact) mass is 400 g/mol. The van der Waals surface area contributed by atoms with Gasteiger partial charge in [0.2, 0.25) is 0 Å². The van der Waals surface area contributed by atoms with Gasteiger partial charge in [-0.3, -0.25) is 9.11 Å². The van der Waals surface area contributed by atoms with E-state index in [9.17, 15) is 26.3 Å². The van der Waals surface area contributed by atoms with Gasteiger partial charge in [0.1, 0.15) is 0 Å². The Labute approximate surface area is 113 Å². The zero-order chi connectivity index (χ0) is 18.5. The van der Waals surface area contributed by atoms with Gasteiger partial charge in [0.25, 0.3) is 0 Å². The average Bonchev–Trinajstić information content (AvgIpc) is 1.91. The molecule has 0 aliphatic rings. The second-order valence-corrected chi connectivity index (χ2v) is 5.86. The molecule has 0 amide bonds. The van der Waals surface area contributed by atoms with E-state index in [-0.39, 0.29) is 0 Å². The lowest BCUT2D eigenvalue weighted by Crippen LogP contribution is -2.58. The van der Waals surface area contributed by atoms with Crippen LogP contribution in [0.5, 0.6) is 0 Å². The first-order valence-electron chi connectivity index (χ1n) is 3.21. The van der Waals surface area contributed by atoms with Crippen LogP contribution in [0, 0.1) is 10.2 Å². The Hall–Kier alpha value is -0.470. The maximum atomic E-state index is 10.7. The molecule has 0 unspecified atom stereocenters. The van der Waals surface area contributed by atoms with Gasteiger partial charge in [0.15, 0.2) is 0 Å². The SMILES string of the molecule is O=S(=O)(O)C(F)(F)F.O=S(=O)(O)C(F)(F)F.[O-][Cl+3]([O-])([O-])O. The van der Waals surface area contributed by atoms with Crippen LogP contribution in [-0.2, 0) is 20.2 Å². The molecule has 19 heteroatoms.